The van der Waals surface area contributed by atoms with Gasteiger partial charge in [-0.2, -0.15) is 0 Å². The van der Waals surface area contributed by atoms with Crippen molar-refractivity contribution in [1.82, 2.24) is 15.8 Å². The number of nitrogens with zero attached hydrogens (tertiary/aromatic N) is 1. The fourth-order valence-corrected chi connectivity index (χ4v) is 1.15. The summed E-state index contributed by atoms with van der Waals surface area (Å²) < 4.78 is 0. The second-order valence-electron chi connectivity index (χ2n) is 2.64. The van der Waals surface area contributed by atoms with Gasteiger partial charge in [0, 0.05) is 19.6 Å². The zero-order valence-electron chi connectivity index (χ0n) is 6.89. The lowest BCUT2D eigenvalue weighted by molar-refractivity contribution is -0.122. The van der Waals surface area contributed by atoms with Crippen molar-refractivity contribution in [2.75, 3.05) is 26.2 Å². The summed E-state index contributed by atoms with van der Waals surface area (Å²) in [5.41, 5.74) is 3.12. The highest BCUT2D eigenvalue weighted by atomic mass is 16.2. The maximum absolute atomic E-state index is 11.0. The molecule has 1 amide bonds. The van der Waals surface area contributed by atoms with Crippen molar-refractivity contribution in [2.24, 2.45) is 0 Å². The summed E-state index contributed by atoms with van der Waals surface area (Å²) in [6, 6.07) is 0. The Labute approximate surface area is 66.9 Å². The SMILES string of the molecule is CCNC(=O)CN1CCCN1. The summed E-state index contributed by atoms with van der Waals surface area (Å²) in [7, 11) is 0. The van der Waals surface area contributed by atoms with E-state index in [0.717, 1.165) is 19.5 Å². The van der Waals surface area contributed by atoms with E-state index in [2.05, 4.69) is 10.7 Å². The van der Waals surface area contributed by atoms with Crippen LogP contribution in [0, 0.1) is 0 Å². The molecule has 1 aliphatic rings. The topological polar surface area (TPSA) is 44.4 Å². The summed E-state index contributed by atoms with van der Waals surface area (Å²) in [5.74, 6) is 0.0990. The molecule has 1 heterocycles. The quantitative estimate of drug-likeness (QED) is 0.571. The molecule has 0 spiro atoms. The molecular weight excluding hydrogens is 142 g/mol. The van der Waals surface area contributed by atoms with Crippen LogP contribution in [-0.4, -0.2) is 37.1 Å². The highest BCUT2D eigenvalue weighted by Gasteiger charge is 2.13. The van der Waals surface area contributed by atoms with Crippen molar-refractivity contribution in [3.05, 3.63) is 0 Å². The summed E-state index contributed by atoms with van der Waals surface area (Å²) in [6.45, 7) is 5.10. The van der Waals surface area contributed by atoms with Gasteiger partial charge in [-0.1, -0.05) is 0 Å². The van der Waals surface area contributed by atoms with E-state index in [-0.39, 0.29) is 5.91 Å². The average molecular weight is 157 g/mol. The first kappa shape index (κ1) is 8.49. The molecule has 4 heteroatoms. The van der Waals surface area contributed by atoms with Gasteiger partial charge >= 0.3 is 0 Å². The van der Waals surface area contributed by atoms with Gasteiger partial charge in [0.05, 0.1) is 6.54 Å². The van der Waals surface area contributed by atoms with Crippen molar-refractivity contribution in [2.45, 2.75) is 13.3 Å². The minimum absolute atomic E-state index is 0.0990. The van der Waals surface area contributed by atoms with Crippen molar-refractivity contribution in [1.29, 1.82) is 0 Å². The van der Waals surface area contributed by atoms with Crippen LogP contribution < -0.4 is 10.7 Å². The second kappa shape index (κ2) is 4.31. The predicted octanol–water partition coefficient (Wildman–Crippen LogP) is -0.667. The molecule has 0 atom stereocenters. The Hall–Kier alpha value is -0.610. The molecule has 0 aromatic rings. The highest BCUT2D eigenvalue weighted by Crippen LogP contribution is 1.93. The Kier molecular flexibility index (Phi) is 3.32. The van der Waals surface area contributed by atoms with E-state index in [0.29, 0.717) is 13.1 Å². The molecule has 0 radical (unpaired) electrons. The zero-order chi connectivity index (χ0) is 8.10. The van der Waals surface area contributed by atoms with Crippen LogP contribution in [0.15, 0.2) is 0 Å². The third-order valence-electron chi connectivity index (χ3n) is 1.65. The molecule has 0 unspecified atom stereocenters. The largest absolute Gasteiger partial charge is 0.355 e. The molecule has 1 aliphatic heterocycles. The van der Waals surface area contributed by atoms with Crippen LogP contribution in [0.2, 0.25) is 0 Å². The van der Waals surface area contributed by atoms with Crippen LogP contribution >= 0.6 is 0 Å². The normalized spacial score (nSPS) is 18.6. The van der Waals surface area contributed by atoms with Gasteiger partial charge in [-0.05, 0) is 13.3 Å². The summed E-state index contributed by atoms with van der Waals surface area (Å²) in [5, 5.41) is 4.70. The standard InChI is InChI=1S/C7H15N3O/c1-2-8-7(11)6-10-5-3-4-9-10/h9H,2-6H2,1H3,(H,8,11). The van der Waals surface area contributed by atoms with Gasteiger partial charge in [0.25, 0.3) is 0 Å². The molecule has 1 rings (SSSR count). The third-order valence-corrected chi connectivity index (χ3v) is 1.65. The molecule has 0 saturated carbocycles. The molecule has 0 bridgehead atoms. The van der Waals surface area contributed by atoms with Gasteiger partial charge in [0.2, 0.25) is 5.91 Å². The maximum Gasteiger partial charge on any atom is 0.235 e. The highest BCUT2D eigenvalue weighted by molar-refractivity contribution is 5.77. The Morgan fingerprint density at radius 3 is 3.09 bits per heavy atom. The Bertz CT molecular complexity index is 132. The number of nitrogens with one attached hydrogen (secondary N) is 2. The minimum Gasteiger partial charge on any atom is -0.355 e. The smallest absolute Gasteiger partial charge is 0.235 e. The van der Waals surface area contributed by atoms with Gasteiger partial charge in [0.1, 0.15) is 0 Å². The Morgan fingerprint density at radius 2 is 2.55 bits per heavy atom. The first-order chi connectivity index (χ1) is 5.33. The Morgan fingerprint density at radius 1 is 1.73 bits per heavy atom. The van der Waals surface area contributed by atoms with Crippen LogP contribution in [0.4, 0.5) is 0 Å². The second-order valence-corrected chi connectivity index (χ2v) is 2.64. The lowest BCUT2D eigenvalue weighted by Gasteiger charge is -2.13. The molecule has 2 N–H and O–H groups in total. The lowest BCUT2D eigenvalue weighted by atomic mass is 10.4. The summed E-state index contributed by atoms with van der Waals surface area (Å²) >= 11 is 0. The zero-order valence-corrected chi connectivity index (χ0v) is 6.89. The average Bonchev–Trinajstić information content (AvgIpc) is 2.40. The number of hydrogen-bond acceptors (Lipinski definition) is 3. The van der Waals surface area contributed by atoms with E-state index in [1.54, 1.807) is 0 Å². The number of likely N-dealkylation sites (N-methyl/N-ethyl adjacent to an activating group) is 1. The Balaban J connectivity index is 2.13. The van der Waals surface area contributed by atoms with Gasteiger partial charge in [0.15, 0.2) is 0 Å². The number of carbonyl (C=O) groups is 1. The fourth-order valence-electron chi connectivity index (χ4n) is 1.15. The first-order valence-corrected chi connectivity index (χ1v) is 4.08. The number of amides is 1. The number of rotatable bonds is 3. The summed E-state index contributed by atoms with van der Waals surface area (Å²) in [6.07, 6.45) is 1.14. The van der Waals surface area contributed by atoms with Gasteiger partial charge in [-0.25, -0.2) is 5.01 Å². The first-order valence-electron chi connectivity index (χ1n) is 4.08. The number of hydrazine groups is 1. The molecule has 0 aromatic carbocycles. The molecule has 1 fully saturated rings. The third kappa shape index (κ3) is 2.86. The van der Waals surface area contributed by atoms with Crippen LogP contribution in [0.1, 0.15) is 13.3 Å². The van der Waals surface area contributed by atoms with Crippen LogP contribution in [-0.2, 0) is 4.79 Å². The molecule has 1 saturated heterocycles. The minimum atomic E-state index is 0.0990. The molecule has 0 aliphatic carbocycles. The van der Waals surface area contributed by atoms with E-state index >= 15 is 0 Å². The monoisotopic (exact) mass is 157 g/mol. The van der Waals surface area contributed by atoms with E-state index < -0.39 is 0 Å². The molecule has 64 valence electrons. The van der Waals surface area contributed by atoms with Crippen molar-refractivity contribution in [3.63, 3.8) is 0 Å². The van der Waals surface area contributed by atoms with Crippen molar-refractivity contribution < 1.29 is 4.79 Å². The summed E-state index contributed by atoms with van der Waals surface area (Å²) in [4.78, 5) is 11.0. The molecule has 4 nitrogen and oxygen atoms in total. The van der Waals surface area contributed by atoms with Gasteiger partial charge < -0.3 is 5.32 Å². The fraction of sp³-hybridized carbons (Fsp3) is 0.857. The molecular formula is C7H15N3O. The molecule has 0 aromatic heterocycles. The molecule has 11 heavy (non-hydrogen) atoms. The van der Waals surface area contributed by atoms with Crippen LogP contribution in [0.5, 0.6) is 0 Å². The van der Waals surface area contributed by atoms with Crippen molar-refractivity contribution >= 4 is 5.91 Å². The van der Waals surface area contributed by atoms with E-state index in [1.807, 2.05) is 11.9 Å². The van der Waals surface area contributed by atoms with Gasteiger partial charge in [-0.3, -0.25) is 10.2 Å². The lowest BCUT2D eigenvalue weighted by Crippen LogP contribution is -2.40. The predicted molar refractivity (Wildman–Crippen MR) is 42.9 cm³/mol. The van der Waals surface area contributed by atoms with Crippen LogP contribution in [0.25, 0.3) is 0 Å². The van der Waals surface area contributed by atoms with Gasteiger partial charge in [-0.15, -0.1) is 0 Å². The maximum atomic E-state index is 11.0. The van der Waals surface area contributed by atoms with E-state index in [4.69, 9.17) is 0 Å². The van der Waals surface area contributed by atoms with E-state index in [1.165, 1.54) is 0 Å². The van der Waals surface area contributed by atoms with Crippen LogP contribution in [0.3, 0.4) is 0 Å². The number of hydrogen-bond donors (Lipinski definition) is 2. The van der Waals surface area contributed by atoms with Crippen molar-refractivity contribution in [3.8, 4) is 0 Å². The van der Waals surface area contributed by atoms with E-state index in [9.17, 15) is 4.79 Å². The number of carbonyl (C=O) groups excluding carboxylic acids is 1.